The molecule has 0 aliphatic heterocycles. The van der Waals surface area contributed by atoms with E-state index in [4.69, 9.17) is 5.73 Å². The van der Waals surface area contributed by atoms with Gasteiger partial charge in [-0.25, -0.2) is 0 Å². The highest BCUT2D eigenvalue weighted by Gasteiger charge is 2.26. The predicted octanol–water partition coefficient (Wildman–Crippen LogP) is 2.16. The summed E-state index contributed by atoms with van der Waals surface area (Å²) in [6.07, 6.45) is 3.48. The molecule has 0 aliphatic rings. The number of aromatic nitrogens is 1. The minimum absolute atomic E-state index is 0.0821. The summed E-state index contributed by atoms with van der Waals surface area (Å²) in [6, 6.07) is 7.68. The lowest BCUT2D eigenvalue weighted by molar-refractivity contribution is -0.123. The summed E-state index contributed by atoms with van der Waals surface area (Å²) in [5.74, 6) is -0.0821. The lowest BCUT2D eigenvalue weighted by Crippen LogP contribution is -2.37. The van der Waals surface area contributed by atoms with E-state index in [1.807, 2.05) is 38.1 Å². The van der Waals surface area contributed by atoms with Crippen molar-refractivity contribution in [2.24, 2.45) is 11.1 Å². The van der Waals surface area contributed by atoms with E-state index in [2.05, 4.69) is 10.3 Å². The number of rotatable bonds is 3. The number of benzene rings is 1. The second kappa shape index (κ2) is 4.74. The Morgan fingerprint density at radius 2 is 2.17 bits per heavy atom. The van der Waals surface area contributed by atoms with Crippen LogP contribution in [0.1, 0.15) is 13.8 Å². The lowest BCUT2D eigenvalue weighted by Gasteiger charge is -2.21. The molecule has 4 heteroatoms. The Morgan fingerprint density at radius 1 is 1.39 bits per heavy atom. The van der Waals surface area contributed by atoms with Gasteiger partial charge in [-0.05, 0) is 31.4 Å². The van der Waals surface area contributed by atoms with Crippen LogP contribution in [0.4, 0.5) is 5.69 Å². The quantitative estimate of drug-likeness (QED) is 0.868. The van der Waals surface area contributed by atoms with E-state index in [-0.39, 0.29) is 5.91 Å². The molecule has 0 bridgehead atoms. The standard InChI is InChI=1S/C14H17N3O/c1-14(2,9-15)13(18)17-12-5-3-4-10-6-7-16-8-11(10)12/h3-8H,9,15H2,1-2H3,(H,17,18). The molecule has 1 aromatic heterocycles. The van der Waals surface area contributed by atoms with Gasteiger partial charge in [-0.2, -0.15) is 0 Å². The van der Waals surface area contributed by atoms with Gasteiger partial charge < -0.3 is 11.1 Å². The molecule has 1 aromatic carbocycles. The van der Waals surface area contributed by atoms with Crippen molar-refractivity contribution >= 4 is 22.4 Å². The third-order valence-electron chi connectivity index (χ3n) is 3.06. The van der Waals surface area contributed by atoms with E-state index in [0.717, 1.165) is 16.5 Å². The number of hydrogen-bond acceptors (Lipinski definition) is 3. The fraction of sp³-hybridized carbons (Fsp3) is 0.286. The topological polar surface area (TPSA) is 68.0 Å². The normalized spacial score (nSPS) is 11.5. The molecule has 3 N–H and O–H groups in total. The summed E-state index contributed by atoms with van der Waals surface area (Å²) in [5, 5.41) is 4.90. The minimum atomic E-state index is -0.579. The second-order valence-corrected chi connectivity index (χ2v) is 4.94. The number of carbonyl (C=O) groups excluding carboxylic acids is 1. The number of fused-ring (bicyclic) bond motifs is 1. The Bertz CT molecular complexity index is 573. The lowest BCUT2D eigenvalue weighted by atomic mass is 9.92. The molecule has 94 valence electrons. The largest absolute Gasteiger partial charge is 0.329 e. The molecule has 18 heavy (non-hydrogen) atoms. The Balaban J connectivity index is 2.36. The monoisotopic (exact) mass is 243 g/mol. The average molecular weight is 243 g/mol. The van der Waals surface area contributed by atoms with Crippen LogP contribution in [0, 0.1) is 5.41 Å². The van der Waals surface area contributed by atoms with Gasteiger partial charge in [0.25, 0.3) is 0 Å². The Kier molecular flexibility index (Phi) is 3.30. The van der Waals surface area contributed by atoms with E-state index in [0.29, 0.717) is 6.54 Å². The highest BCUT2D eigenvalue weighted by molar-refractivity contribution is 6.03. The van der Waals surface area contributed by atoms with Crippen molar-refractivity contribution in [2.75, 3.05) is 11.9 Å². The smallest absolute Gasteiger partial charge is 0.231 e. The first-order chi connectivity index (χ1) is 8.54. The zero-order valence-corrected chi connectivity index (χ0v) is 10.6. The van der Waals surface area contributed by atoms with Crippen LogP contribution in [0.15, 0.2) is 36.7 Å². The number of nitrogens with two attached hydrogens (primary N) is 1. The van der Waals surface area contributed by atoms with E-state index >= 15 is 0 Å². The maximum atomic E-state index is 12.1. The number of nitrogens with one attached hydrogen (secondary N) is 1. The Morgan fingerprint density at radius 3 is 2.89 bits per heavy atom. The van der Waals surface area contributed by atoms with Crippen molar-refractivity contribution in [1.82, 2.24) is 4.98 Å². The zero-order chi connectivity index (χ0) is 13.2. The summed E-state index contributed by atoms with van der Waals surface area (Å²) in [7, 11) is 0. The van der Waals surface area contributed by atoms with Crippen molar-refractivity contribution in [2.45, 2.75) is 13.8 Å². The highest BCUT2D eigenvalue weighted by atomic mass is 16.2. The summed E-state index contributed by atoms with van der Waals surface area (Å²) in [4.78, 5) is 16.2. The Labute approximate surface area is 106 Å². The number of pyridine rings is 1. The van der Waals surface area contributed by atoms with Gasteiger partial charge in [0, 0.05) is 24.3 Å². The molecule has 4 nitrogen and oxygen atoms in total. The molecular weight excluding hydrogens is 226 g/mol. The van der Waals surface area contributed by atoms with Crippen LogP contribution in [-0.4, -0.2) is 17.4 Å². The van der Waals surface area contributed by atoms with Gasteiger partial charge in [-0.15, -0.1) is 0 Å². The molecule has 0 saturated carbocycles. The summed E-state index contributed by atoms with van der Waals surface area (Å²) >= 11 is 0. The van der Waals surface area contributed by atoms with Crippen molar-refractivity contribution < 1.29 is 4.79 Å². The fourth-order valence-electron chi connectivity index (χ4n) is 1.61. The molecule has 2 rings (SSSR count). The number of amides is 1. The van der Waals surface area contributed by atoms with Crippen molar-refractivity contribution in [1.29, 1.82) is 0 Å². The molecule has 1 heterocycles. The molecule has 0 unspecified atom stereocenters. The van der Waals surface area contributed by atoms with Gasteiger partial charge in [-0.1, -0.05) is 12.1 Å². The van der Waals surface area contributed by atoms with Crippen LogP contribution >= 0.6 is 0 Å². The number of nitrogens with zero attached hydrogens (tertiary/aromatic N) is 1. The van der Waals surface area contributed by atoms with Gasteiger partial charge in [-0.3, -0.25) is 9.78 Å². The van der Waals surface area contributed by atoms with Crippen LogP contribution in [0.5, 0.6) is 0 Å². The first-order valence-corrected chi connectivity index (χ1v) is 5.89. The highest BCUT2D eigenvalue weighted by Crippen LogP contribution is 2.24. The maximum absolute atomic E-state index is 12.1. The third-order valence-corrected chi connectivity index (χ3v) is 3.06. The zero-order valence-electron chi connectivity index (χ0n) is 10.6. The number of anilines is 1. The average Bonchev–Trinajstić information content (AvgIpc) is 2.39. The SMILES string of the molecule is CC(C)(CN)C(=O)Nc1cccc2ccncc12. The molecule has 0 spiro atoms. The fourth-order valence-corrected chi connectivity index (χ4v) is 1.61. The van der Waals surface area contributed by atoms with Gasteiger partial charge >= 0.3 is 0 Å². The van der Waals surface area contributed by atoms with E-state index < -0.39 is 5.41 Å². The molecule has 1 amide bonds. The molecule has 0 saturated heterocycles. The first-order valence-electron chi connectivity index (χ1n) is 5.89. The van der Waals surface area contributed by atoms with Crippen LogP contribution in [0.3, 0.4) is 0 Å². The van der Waals surface area contributed by atoms with Gasteiger partial charge in [0.1, 0.15) is 0 Å². The summed E-state index contributed by atoms with van der Waals surface area (Å²) in [5.41, 5.74) is 5.79. The van der Waals surface area contributed by atoms with Gasteiger partial charge in [0.15, 0.2) is 0 Å². The third kappa shape index (κ3) is 2.33. The maximum Gasteiger partial charge on any atom is 0.231 e. The van der Waals surface area contributed by atoms with Gasteiger partial charge in [0.2, 0.25) is 5.91 Å². The molecule has 2 aromatic rings. The molecule has 0 atom stereocenters. The Hall–Kier alpha value is -1.94. The summed E-state index contributed by atoms with van der Waals surface area (Å²) in [6.45, 7) is 3.96. The first kappa shape index (κ1) is 12.5. The molecule has 0 radical (unpaired) electrons. The number of carbonyl (C=O) groups is 1. The summed E-state index contributed by atoms with van der Waals surface area (Å²) < 4.78 is 0. The van der Waals surface area contributed by atoms with Crippen LogP contribution in [-0.2, 0) is 4.79 Å². The number of hydrogen-bond donors (Lipinski definition) is 2. The molecule has 0 fully saturated rings. The minimum Gasteiger partial charge on any atom is -0.329 e. The predicted molar refractivity (Wildman–Crippen MR) is 73.2 cm³/mol. The van der Waals surface area contributed by atoms with Crippen LogP contribution in [0.2, 0.25) is 0 Å². The van der Waals surface area contributed by atoms with Gasteiger partial charge in [0.05, 0.1) is 11.1 Å². The van der Waals surface area contributed by atoms with Crippen molar-refractivity contribution in [3.05, 3.63) is 36.7 Å². The van der Waals surface area contributed by atoms with Crippen LogP contribution in [0.25, 0.3) is 10.8 Å². The van der Waals surface area contributed by atoms with Crippen LogP contribution < -0.4 is 11.1 Å². The van der Waals surface area contributed by atoms with E-state index in [9.17, 15) is 4.79 Å². The van der Waals surface area contributed by atoms with E-state index in [1.54, 1.807) is 12.4 Å². The van der Waals surface area contributed by atoms with Crippen molar-refractivity contribution in [3.63, 3.8) is 0 Å². The second-order valence-electron chi connectivity index (χ2n) is 4.94. The molecular formula is C14H17N3O. The molecule has 0 aliphatic carbocycles. The van der Waals surface area contributed by atoms with E-state index in [1.165, 1.54) is 0 Å². The van der Waals surface area contributed by atoms with Crippen molar-refractivity contribution in [3.8, 4) is 0 Å².